The molecular weight excluding hydrogens is 242 g/mol. The van der Waals surface area contributed by atoms with Gasteiger partial charge < -0.3 is 4.57 Å². The third-order valence-electron chi connectivity index (χ3n) is 2.83. The minimum absolute atomic E-state index is 0.0808. The fraction of sp³-hybridized carbons (Fsp3) is 0.0833. The lowest BCUT2D eigenvalue weighted by Gasteiger charge is -2.03. The van der Waals surface area contributed by atoms with E-state index in [1.165, 1.54) is 10.9 Å². The number of nitrogens with zero attached hydrogens (tertiary/aromatic N) is 7. The number of imidazole rings is 2. The summed E-state index contributed by atoms with van der Waals surface area (Å²) < 4.78 is 3.34. The van der Waals surface area contributed by atoms with Gasteiger partial charge in [0.05, 0.1) is 11.8 Å². The number of rotatable bonds is 1. The van der Waals surface area contributed by atoms with Crippen LogP contribution in [0.25, 0.3) is 16.9 Å². The van der Waals surface area contributed by atoms with E-state index in [9.17, 15) is 0 Å². The van der Waals surface area contributed by atoms with Gasteiger partial charge in [0.2, 0.25) is 0 Å². The van der Waals surface area contributed by atoms with Gasteiger partial charge in [-0.3, -0.25) is 4.57 Å². The number of aromatic nitrogens is 5. The number of nitriles is 2. The highest BCUT2D eigenvalue weighted by molar-refractivity contribution is 5.82. The Morgan fingerprint density at radius 1 is 1.11 bits per heavy atom. The molecule has 0 amide bonds. The lowest BCUT2D eigenvalue weighted by atomic mass is 10.3. The second kappa shape index (κ2) is 3.93. The summed E-state index contributed by atoms with van der Waals surface area (Å²) in [6, 6.07) is 5.68. The van der Waals surface area contributed by atoms with Crippen LogP contribution < -0.4 is 0 Å². The fourth-order valence-corrected chi connectivity index (χ4v) is 1.92. The van der Waals surface area contributed by atoms with Gasteiger partial charge in [0, 0.05) is 13.2 Å². The van der Waals surface area contributed by atoms with Gasteiger partial charge in [-0.25, -0.2) is 15.0 Å². The molecule has 3 rings (SSSR count). The molecule has 0 fully saturated rings. The summed E-state index contributed by atoms with van der Waals surface area (Å²) in [6.07, 6.45) is 4.71. The highest BCUT2D eigenvalue weighted by Crippen LogP contribution is 2.20. The third-order valence-corrected chi connectivity index (χ3v) is 2.83. The van der Waals surface area contributed by atoms with Gasteiger partial charge in [0.15, 0.2) is 17.2 Å². The van der Waals surface area contributed by atoms with Crippen molar-refractivity contribution in [3.05, 3.63) is 36.3 Å². The van der Waals surface area contributed by atoms with Crippen LogP contribution in [0.5, 0.6) is 0 Å². The predicted molar refractivity (Wildman–Crippen MR) is 65.1 cm³/mol. The van der Waals surface area contributed by atoms with Crippen LogP contribution in [0.15, 0.2) is 24.9 Å². The molecule has 3 aromatic rings. The zero-order valence-corrected chi connectivity index (χ0v) is 9.94. The van der Waals surface area contributed by atoms with Crippen LogP contribution in [0, 0.1) is 22.7 Å². The van der Waals surface area contributed by atoms with E-state index < -0.39 is 0 Å². The molecule has 3 heterocycles. The van der Waals surface area contributed by atoms with Gasteiger partial charge in [0.25, 0.3) is 0 Å². The van der Waals surface area contributed by atoms with Crippen LogP contribution in [0.3, 0.4) is 0 Å². The summed E-state index contributed by atoms with van der Waals surface area (Å²) in [5.41, 5.74) is 1.79. The van der Waals surface area contributed by atoms with E-state index in [0.29, 0.717) is 11.3 Å². The summed E-state index contributed by atoms with van der Waals surface area (Å²) in [4.78, 5) is 12.4. The van der Waals surface area contributed by atoms with Crippen LogP contribution >= 0.6 is 0 Å². The van der Waals surface area contributed by atoms with Crippen LogP contribution in [0.4, 0.5) is 0 Å². The fourth-order valence-electron chi connectivity index (χ4n) is 1.92. The highest BCUT2D eigenvalue weighted by atomic mass is 15.1. The van der Waals surface area contributed by atoms with E-state index in [4.69, 9.17) is 10.5 Å². The first kappa shape index (κ1) is 10.9. The van der Waals surface area contributed by atoms with Crippen molar-refractivity contribution >= 4 is 11.0 Å². The third kappa shape index (κ3) is 1.46. The summed E-state index contributed by atoms with van der Waals surface area (Å²) >= 11 is 0. The Kier molecular flexibility index (Phi) is 2.26. The molecular formula is C12H7N7. The van der Waals surface area contributed by atoms with E-state index in [-0.39, 0.29) is 11.4 Å². The maximum atomic E-state index is 9.14. The maximum absolute atomic E-state index is 9.14. The van der Waals surface area contributed by atoms with Gasteiger partial charge in [-0.15, -0.1) is 0 Å². The molecule has 3 aromatic heterocycles. The molecule has 0 N–H and O–H groups in total. The Morgan fingerprint density at radius 2 is 1.95 bits per heavy atom. The Hall–Kier alpha value is -3.19. The molecule has 0 aliphatic rings. The second-order valence-corrected chi connectivity index (χ2v) is 3.89. The van der Waals surface area contributed by atoms with Crippen LogP contribution in [-0.2, 0) is 7.05 Å². The molecule has 7 heteroatoms. The normalized spacial score (nSPS) is 10.3. The quantitative estimate of drug-likeness (QED) is 0.638. The molecule has 0 saturated carbocycles. The summed E-state index contributed by atoms with van der Waals surface area (Å²) in [6.45, 7) is 0. The minimum Gasteiger partial charge on any atom is -0.334 e. The van der Waals surface area contributed by atoms with E-state index in [2.05, 4.69) is 15.0 Å². The Morgan fingerprint density at radius 3 is 2.68 bits per heavy atom. The molecule has 0 bridgehead atoms. The molecule has 0 spiro atoms. The van der Waals surface area contributed by atoms with Crippen LogP contribution in [-0.4, -0.2) is 24.1 Å². The molecule has 90 valence electrons. The molecule has 0 aliphatic carbocycles. The van der Waals surface area contributed by atoms with E-state index in [0.717, 1.165) is 5.52 Å². The van der Waals surface area contributed by atoms with Gasteiger partial charge in [-0.1, -0.05) is 0 Å². The molecule has 0 atom stereocenters. The average Bonchev–Trinajstić information content (AvgIpc) is 3.02. The summed E-state index contributed by atoms with van der Waals surface area (Å²) in [5, 5.41) is 18.1. The number of pyridine rings is 1. The zero-order chi connectivity index (χ0) is 13.4. The van der Waals surface area contributed by atoms with Gasteiger partial charge in [0.1, 0.15) is 24.0 Å². The molecule has 0 aliphatic heterocycles. The second-order valence-electron chi connectivity index (χ2n) is 3.89. The van der Waals surface area contributed by atoms with Crippen molar-refractivity contribution in [3.8, 4) is 18.0 Å². The SMILES string of the molecule is Cn1cnc2c(-n3cnc(C#N)c3C#N)nccc21. The van der Waals surface area contributed by atoms with Gasteiger partial charge in [-0.2, -0.15) is 10.5 Å². The largest absolute Gasteiger partial charge is 0.334 e. The van der Waals surface area contributed by atoms with Crippen LogP contribution in [0.1, 0.15) is 11.4 Å². The molecule has 0 unspecified atom stereocenters. The van der Waals surface area contributed by atoms with Crippen molar-refractivity contribution in [3.63, 3.8) is 0 Å². The summed E-state index contributed by atoms with van der Waals surface area (Å²) in [5.74, 6) is 0.489. The standard InChI is InChI=1S/C12H7N7/c1-18-6-17-11-9(18)2-3-15-12(11)19-7-16-8(4-13)10(19)5-14/h2-3,6-7H,1H3. The topological polar surface area (TPSA) is 96.1 Å². The van der Waals surface area contributed by atoms with Crippen molar-refractivity contribution in [2.24, 2.45) is 7.05 Å². The van der Waals surface area contributed by atoms with Crippen LogP contribution in [0.2, 0.25) is 0 Å². The Balaban J connectivity index is 2.35. The number of hydrogen-bond donors (Lipinski definition) is 0. The van der Waals surface area contributed by atoms with Crippen molar-refractivity contribution < 1.29 is 0 Å². The monoisotopic (exact) mass is 249 g/mol. The van der Waals surface area contributed by atoms with E-state index in [1.807, 2.05) is 29.8 Å². The summed E-state index contributed by atoms with van der Waals surface area (Å²) in [7, 11) is 1.87. The molecule has 19 heavy (non-hydrogen) atoms. The number of fused-ring (bicyclic) bond motifs is 1. The van der Waals surface area contributed by atoms with E-state index in [1.54, 1.807) is 12.5 Å². The van der Waals surface area contributed by atoms with Gasteiger partial charge >= 0.3 is 0 Å². The maximum Gasteiger partial charge on any atom is 0.177 e. The number of aryl methyl sites for hydroxylation is 1. The average molecular weight is 249 g/mol. The van der Waals surface area contributed by atoms with E-state index >= 15 is 0 Å². The van der Waals surface area contributed by atoms with Crippen molar-refractivity contribution in [1.82, 2.24) is 24.1 Å². The molecule has 0 radical (unpaired) electrons. The first-order chi connectivity index (χ1) is 9.26. The molecule has 0 saturated heterocycles. The smallest absolute Gasteiger partial charge is 0.177 e. The first-order valence-corrected chi connectivity index (χ1v) is 5.40. The Labute approximate surface area is 108 Å². The van der Waals surface area contributed by atoms with Crippen molar-refractivity contribution in [2.75, 3.05) is 0 Å². The zero-order valence-electron chi connectivity index (χ0n) is 9.94. The Bertz CT molecular complexity index is 856. The molecule has 0 aromatic carbocycles. The number of hydrogen-bond acceptors (Lipinski definition) is 5. The lowest BCUT2D eigenvalue weighted by molar-refractivity contribution is 0.946. The minimum atomic E-state index is 0.0808. The first-order valence-electron chi connectivity index (χ1n) is 5.40. The van der Waals surface area contributed by atoms with Crippen molar-refractivity contribution in [1.29, 1.82) is 10.5 Å². The lowest BCUT2D eigenvalue weighted by Crippen LogP contribution is -2.00. The predicted octanol–water partition coefficient (Wildman–Crippen LogP) is 0.897. The molecule has 7 nitrogen and oxygen atoms in total. The highest BCUT2D eigenvalue weighted by Gasteiger charge is 2.16. The van der Waals surface area contributed by atoms with Crippen molar-refractivity contribution in [2.45, 2.75) is 0 Å². The van der Waals surface area contributed by atoms with Gasteiger partial charge in [-0.05, 0) is 6.07 Å².